The molecule has 4 nitrogen and oxygen atoms in total. The van der Waals surface area contributed by atoms with Crippen molar-refractivity contribution in [1.82, 2.24) is 4.72 Å². The van der Waals surface area contributed by atoms with E-state index in [1.807, 2.05) is 13.8 Å². The van der Waals surface area contributed by atoms with Crippen molar-refractivity contribution in [3.05, 3.63) is 29.3 Å². The number of benzene rings is 1. The molecule has 1 aromatic carbocycles. The van der Waals surface area contributed by atoms with E-state index >= 15 is 0 Å². The molecule has 0 saturated carbocycles. The average molecular weight is 302 g/mol. The fourth-order valence-corrected chi connectivity index (χ4v) is 3.77. The molecule has 1 rings (SSSR count). The van der Waals surface area contributed by atoms with Gasteiger partial charge in [-0.15, -0.1) is 0 Å². The summed E-state index contributed by atoms with van der Waals surface area (Å²) >= 11 is 1.72. The van der Waals surface area contributed by atoms with Crippen molar-refractivity contribution >= 4 is 21.8 Å². The van der Waals surface area contributed by atoms with E-state index in [2.05, 4.69) is 11.6 Å². The second-order valence-electron chi connectivity index (χ2n) is 4.47. The molecular weight excluding hydrogens is 280 g/mol. The second kappa shape index (κ2) is 7.28. The smallest absolute Gasteiger partial charge is 0.240 e. The summed E-state index contributed by atoms with van der Waals surface area (Å²) in [5, 5.41) is 0. The molecule has 0 aliphatic carbocycles. The van der Waals surface area contributed by atoms with Crippen LogP contribution in [0.15, 0.2) is 23.1 Å². The first kappa shape index (κ1) is 16.5. The zero-order chi connectivity index (χ0) is 14.5. The zero-order valence-electron chi connectivity index (χ0n) is 11.6. The summed E-state index contributed by atoms with van der Waals surface area (Å²) in [6.07, 6.45) is 0. The molecule has 108 valence electrons. The van der Waals surface area contributed by atoms with Gasteiger partial charge in [0.25, 0.3) is 0 Å². The topological polar surface area (TPSA) is 72.2 Å². The Morgan fingerprint density at radius 2 is 2.11 bits per heavy atom. The molecule has 0 aromatic heterocycles. The molecule has 0 aliphatic rings. The maximum atomic E-state index is 12.2. The highest BCUT2D eigenvalue weighted by Crippen LogP contribution is 2.16. The molecule has 0 heterocycles. The van der Waals surface area contributed by atoms with Gasteiger partial charge in [-0.05, 0) is 42.9 Å². The predicted octanol–water partition coefficient (Wildman–Crippen LogP) is 1.87. The highest BCUT2D eigenvalue weighted by atomic mass is 32.2. The third-order valence-electron chi connectivity index (χ3n) is 2.78. The molecule has 0 fully saturated rings. The number of hydrogen-bond donors (Lipinski definition) is 2. The van der Waals surface area contributed by atoms with Crippen LogP contribution in [0.25, 0.3) is 0 Å². The molecule has 0 bridgehead atoms. The van der Waals surface area contributed by atoms with E-state index in [0.717, 1.165) is 22.6 Å². The van der Waals surface area contributed by atoms with E-state index in [0.29, 0.717) is 6.54 Å². The molecule has 6 heteroatoms. The van der Waals surface area contributed by atoms with E-state index in [-0.39, 0.29) is 10.9 Å². The third-order valence-corrected chi connectivity index (χ3v) is 5.51. The van der Waals surface area contributed by atoms with Crippen molar-refractivity contribution in [3.63, 3.8) is 0 Å². The first-order valence-electron chi connectivity index (χ1n) is 6.30. The molecular formula is C13H22N2O2S2. The van der Waals surface area contributed by atoms with Gasteiger partial charge in [0.2, 0.25) is 10.0 Å². The average Bonchev–Trinajstić information content (AvgIpc) is 2.36. The summed E-state index contributed by atoms with van der Waals surface area (Å²) < 4.78 is 27.1. The Morgan fingerprint density at radius 1 is 1.42 bits per heavy atom. The van der Waals surface area contributed by atoms with Crippen LogP contribution in [0.4, 0.5) is 0 Å². The van der Waals surface area contributed by atoms with Gasteiger partial charge in [-0.2, -0.15) is 11.8 Å². The minimum absolute atomic E-state index is 0.0856. The van der Waals surface area contributed by atoms with Crippen LogP contribution in [0.3, 0.4) is 0 Å². The molecule has 0 aliphatic heterocycles. The van der Waals surface area contributed by atoms with Crippen molar-refractivity contribution in [2.75, 3.05) is 11.5 Å². The molecule has 3 N–H and O–H groups in total. The first-order valence-corrected chi connectivity index (χ1v) is 8.94. The zero-order valence-corrected chi connectivity index (χ0v) is 13.3. The van der Waals surface area contributed by atoms with E-state index < -0.39 is 10.0 Å². The Hall–Kier alpha value is -0.560. The Morgan fingerprint density at radius 3 is 2.68 bits per heavy atom. The molecule has 0 saturated heterocycles. The minimum atomic E-state index is -3.46. The number of sulfonamides is 1. The predicted molar refractivity (Wildman–Crippen MR) is 81.9 cm³/mol. The van der Waals surface area contributed by atoms with E-state index in [9.17, 15) is 8.42 Å². The summed E-state index contributed by atoms with van der Waals surface area (Å²) in [6, 6.07) is 4.98. The number of nitrogens with one attached hydrogen (secondary N) is 1. The summed E-state index contributed by atoms with van der Waals surface area (Å²) in [6.45, 7) is 6.20. The van der Waals surface area contributed by atoms with Crippen LogP contribution in [-0.2, 0) is 16.6 Å². The van der Waals surface area contributed by atoms with Gasteiger partial charge in [0, 0.05) is 18.3 Å². The molecule has 0 amide bonds. The summed E-state index contributed by atoms with van der Waals surface area (Å²) in [5.74, 6) is 1.75. The number of hydrogen-bond acceptors (Lipinski definition) is 4. The lowest BCUT2D eigenvalue weighted by Gasteiger charge is -2.14. The standard InChI is InChI=1S/C13H22N2O2S2/c1-4-18-9-11(3)15-19(16,17)13-6-5-10(2)12(7-13)8-14/h5-7,11,15H,4,8-9,14H2,1-3H3. The molecule has 0 spiro atoms. The Bertz CT molecular complexity index is 515. The number of rotatable bonds is 7. The monoisotopic (exact) mass is 302 g/mol. The summed E-state index contributed by atoms with van der Waals surface area (Å²) in [7, 11) is -3.46. The largest absolute Gasteiger partial charge is 0.326 e. The molecule has 19 heavy (non-hydrogen) atoms. The number of thioether (sulfide) groups is 1. The third kappa shape index (κ3) is 4.80. The van der Waals surface area contributed by atoms with Gasteiger partial charge in [0.05, 0.1) is 4.90 Å². The molecule has 0 radical (unpaired) electrons. The fraction of sp³-hybridized carbons (Fsp3) is 0.538. The first-order chi connectivity index (χ1) is 8.90. The summed E-state index contributed by atoms with van der Waals surface area (Å²) in [4.78, 5) is 0.284. The maximum absolute atomic E-state index is 12.2. The van der Waals surface area contributed by atoms with Crippen LogP contribution in [0, 0.1) is 6.92 Å². The Kier molecular flexibility index (Phi) is 6.32. The Balaban J connectivity index is 2.88. The van der Waals surface area contributed by atoms with Crippen molar-refractivity contribution in [3.8, 4) is 0 Å². The SMILES string of the molecule is CCSCC(C)NS(=O)(=O)c1ccc(C)c(CN)c1. The van der Waals surface area contributed by atoms with Gasteiger partial charge in [-0.1, -0.05) is 13.0 Å². The van der Waals surface area contributed by atoms with Crippen molar-refractivity contribution in [2.45, 2.75) is 38.3 Å². The van der Waals surface area contributed by atoms with Gasteiger partial charge in [0.15, 0.2) is 0 Å². The van der Waals surface area contributed by atoms with Crippen LogP contribution >= 0.6 is 11.8 Å². The van der Waals surface area contributed by atoms with Gasteiger partial charge in [0.1, 0.15) is 0 Å². The van der Waals surface area contributed by atoms with E-state index in [4.69, 9.17) is 5.73 Å². The molecule has 1 unspecified atom stereocenters. The minimum Gasteiger partial charge on any atom is -0.326 e. The van der Waals surface area contributed by atoms with E-state index in [1.165, 1.54) is 0 Å². The lowest BCUT2D eigenvalue weighted by atomic mass is 10.1. The van der Waals surface area contributed by atoms with Crippen LogP contribution in [0.2, 0.25) is 0 Å². The van der Waals surface area contributed by atoms with Gasteiger partial charge in [-0.3, -0.25) is 0 Å². The second-order valence-corrected chi connectivity index (χ2v) is 7.51. The fourth-order valence-electron chi connectivity index (χ4n) is 1.70. The normalized spacial score (nSPS) is 13.5. The van der Waals surface area contributed by atoms with Crippen LogP contribution in [0.1, 0.15) is 25.0 Å². The lowest BCUT2D eigenvalue weighted by Crippen LogP contribution is -2.34. The van der Waals surface area contributed by atoms with E-state index in [1.54, 1.807) is 30.0 Å². The lowest BCUT2D eigenvalue weighted by molar-refractivity contribution is 0.571. The van der Waals surface area contributed by atoms with Crippen molar-refractivity contribution < 1.29 is 8.42 Å². The summed E-state index contributed by atoms with van der Waals surface area (Å²) in [5.41, 5.74) is 7.48. The van der Waals surface area contributed by atoms with Gasteiger partial charge in [-0.25, -0.2) is 13.1 Å². The maximum Gasteiger partial charge on any atom is 0.240 e. The van der Waals surface area contributed by atoms with Gasteiger partial charge >= 0.3 is 0 Å². The quantitative estimate of drug-likeness (QED) is 0.806. The van der Waals surface area contributed by atoms with Crippen molar-refractivity contribution in [1.29, 1.82) is 0 Å². The number of aryl methyl sites for hydroxylation is 1. The van der Waals surface area contributed by atoms with Gasteiger partial charge < -0.3 is 5.73 Å². The Labute approximate surface area is 120 Å². The molecule has 1 atom stereocenters. The van der Waals surface area contributed by atoms with Crippen LogP contribution < -0.4 is 10.5 Å². The van der Waals surface area contributed by atoms with Crippen LogP contribution in [0.5, 0.6) is 0 Å². The number of nitrogens with two attached hydrogens (primary N) is 1. The molecule has 1 aromatic rings. The highest BCUT2D eigenvalue weighted by molar-refractivity contribution is 7.99. The van der Waals surface area contributed by atoms with Crippen LogP contribution in [-0.4, -0.2) is 26.0 Å². The van der Waals surface area contributed by atoms with Crippen molar-refractivity contribution in [2.24, 2.45) is 5.73 Å². The highest BCUT2D eigenvalue weighted by Gasteiger charge is 2.17.